The Hall–Kier alpha value is -6.58. The third-order valence-corrected chi connectivity index (χ3v) is 16.6. The number of fused-ring (bicyclic) bond motifs is 5. The Labute approximate surface area is 430 Å². The van der Waals surface area contributed by atoms with Crippen LogP contribution in [0.5, 0.6) is 0 Å². The molecule has 0 radical (unpaired) electrons. The van der Waals surface area contributed by atoms with Gasteiger partial charge in [-0.05, 0) is 156 Å². The second kappa shape index (κ2) is 16.5. The predicted octanol–water partition coefficient (Wildman–Crippen LogP) is 16.7. The van der Waals surface area contributed by atoms with Crippen LogP contribution in [0.3, 0.4) is 0 Å². The molecule has 2 aliphatic heterocycles. The van der Waals surface area contributed by atoms with E-state index in [0.29, 0.717) is 5.56 Å². The summed E-state index contributed by atoms with van der Waals surface area (Å²) in [5, 5.41) is 0. The number of nitrogens with zero attached hydrogens (tertiary/aromatic N) is 2. The molecule has 1 aliphatic carbocycles. The van der Waals surface area contributed by atoms with Gasteiger partial charge in [-0.25, -0.2) is 0 Å². The first kappa shape index (κ1) is 43.2. The van der Waals surface area contributed by atoms with Crippen LogP contribution in [0.15, 0.2) is 170 Å². The molecule has 3 aliphatic rings. The zero-order valence-electron chi connectivity index (χ0n) is 47.1. The first-order valence-electron chi connectivity index (χ1n) is 27.4. The molecule has 0 amide bonds. The van der Waals surface area contributed by atoms with Crippen molar-refractivity contribution >= 4 is 57.2 Å². The van der Waals surface area contributed by atoms with Gasteiger partial charge in [-0.3, -0.25) is 0 Å². The Balaban J connectivity index is 1.34. The van der Waals surface area contributed by atoms with Gasteiger partial charge in [0.1, 0.15) is 0 Å². The number of rotatable bonds is 6. The summed E-state index contributed by atoms with van der Waals surface area (Å²) in [6.07, 6.45) is 2.15. The van der Waals surface area contributed by atoms with Gasteiger partial charge in [-0.15, -0.1) is 0 Å². The number of aryl methyl sites for hydroxylation is 1. The van der Waals surface area contributed by atoms with Crippen molar-refractivity contribution in [2.24, 2.45) is 0 Å². The number of anilines is 6. The Morgan fingerprint density at radius 2 is 0.944 bits per heavy atom. The van der Waals surface area contributed by atoms with Gasteiger partial charge in [0.2, 0.25) is 0 Å². The monoisotopic (exact) mass is 930 g/mol. The smallest absolute Gasteiger partial charge is 0.252 e. The summed E-state index contributed by atoms with van der Waals surface area (Å²) < 4.78 is 27.9. The van der Waals surface area contributed by atoms with Gasteiger partial charge >= 0.3 is 0 Å². The van der Waals surface area contributed by atoms with E-state index in [-0.39, 0.29) is 33.8 Å². The van der Waals surface area contributed by atoms with Gasteiger partial charge in [-0.2, -0.15) is 0 Å². The lowest BCUT2D eigenvalue weighted by Gasteiger charge is -2.48. The molecule has 8 aromatic carbocycles. The number of hydrogen-bond acceptors (Lipinski definition) is 2. The SMILES string of the molecule is [2H]C([2H])([2H])c1cc2c3c(c1)N(c1c(-c4ccccc4)cc(C(C)(C)C)cc1-c1ccccc1)c1cc4c(cc1B3c1cc(C(C)(C)c3ccccc3)ccc1N2c1ccc(C(C)(C)C)cc1)C(C)(C)CCC4(C)C. The van der Waals surface area contributed by atoms with Crippen LogP contribution in [-0.2, 0) is 27.1 Å². The van der Waals surface area contributed by atoms with Gasteiger partial charge < -0.3 is 9.80 Å². The highest BCUT2D eigenvalue weighted by molar-refractivity contribution is 7.00. The van der Waals surface area contributed by atoms with Crippen molar-refractivity contribution in [1.29, 1.82) is 0 Å². The third-order valence-electron chi connectivity index (χ3n) is 16.6. The fraction of sp³-hybridized carbons (Fsp3) is 0.294. The summed E-state index contributed by atoms with van der Waals surface area (Å²) in [7, 11) is 0. The highest BCUT2D eigenvalue weighted by atomic mass is 15.2. The standard InChI is InChI=1S/C68H71BN2/c1-44-37-60-62-61(38-44)71(63-52(45-23-17-14-18-24-45)39-50(65(5,6)7)40-53(63)46-25-19-15-20-26-46)59-43-55-54(66(8,9)35-36-67(55,10)11)42-57(59)69(62)56-41-49(68(12,13)48-27-21-16-22-28-48)31-34-58(56)70(60)51-32-29-47(30-33-51)64(2,3)4/h14-34,37-43H,35-36H2,1-13H3/i1D3. The van der Waals surface area contributed by atoms with Crippen molar-refractivity contribution in [2.45, 2.75) is 130 Å². The molecule has 0 N–H and O–H groups in total. The maximum Gasteiger partial charge on any atom is 0.252 e. The van der Waals surface area contributed by atoms with E-state index >= 15 is 0 Å². The maximum atomic E-state index is 9.30. The quantitative estimate of drug-likeness (QED) is 0.153. The van der Waals surface area contributed by atoms with Gasteiger partial charge in [-0.1, -0.05) is 204 Å². The molecule has 3 heteroatoms. The maximum absolute atomic E-state index is 9.30. The molecule has 0 atom stereocenters. The molecule has 0 aromatic heterocycles. The lowest BCUT2D eigenvalue weighted by molar-refractivity contribution is 0.332. The minimum Gasteiger partial charge on any atom is -0.311 e. The summed E-state index contributed by atoms with van der Waals surface area (Å²) in [6, 6.07) is 62.6. The van der Waals surface area contributed by atoms with E-state index in [2.05, 4.69) is 251 Å². The van der Waals surface area contributed by atoms with E-state index in [1.54, 1.807) is 0 Å². The number of hydrogen-bond donors (Lipinski definition) is 0. The molecule has 0 bridgehead atoms. The molecule has 2 nitrogen and oxygen atoms in total. The Morgan fingerprint density at radius 1 is 0.451 bits per heavy atom. The summed E-state index contributed by atoms with van der Waals surface area (Å²) >= 11 is 0. The van der Waals surface area contributed by atoms with Crippen LogP contribution in [-0.4, -0.2) is 6.71 Å². The van der Waals surface area contributed by atoms with Crippen molar-refractivity contribution in [3.8, 4) is 22.3 Å². The van der Waals surface area contributed by atoms with Crippen LogP contribution in [0.1, 0.15) is 139 Å². The lowest BCUT2D eigenvalue weighted by atomic mass is 9.33. The molecule has 71 heavy (non-hydrogen) atoms. The second-order valence-corrected chi connectivity index (χ2v) is 24.7. The number of benzene rings is 8. The van der Waals surface area contributed by atoms with Crippen LogP contribution in [0.25, 0.3) is 22.3 Å². The minimum atomic E-state index is -2.42. The summed E-state index contributed by atoms with van der Waals surface area (Å²) in [5.41, 5.74) is 21.2. The van der Waals surface area contributed by atoms with Crippen LogP contribution in [0.4, 0.5) is 34.1 Å². The van der Waals surface area contributed by atoms with Crippen molar-refractivity contribution < 1.29 is 4.11 Å². The van der Waals surface area contributed by atoms with Crippen molar-refractivity contribution in [1.82, 2.24) is 0 Å². The van der Waals surface area contributed by atoms with E-state index in [9.17, 15) is 4.11 Å². The lowest BCUT2D eigenvalue weighted by Crippen LogP contribution is -2.62. The van der Waals surface area contributed by atoms with Crippen LogP contribution < -0.4 is 26.2 Å². The summed E-state index contributed by atoms with van der Waals surface area (Å²) in [4.78, 5) is 4.89. The van der Waals surface area contributed by atoms with Crippen molar-refractivity contribution in [3.63, 3.8) is 0 Å². The van der Waals surface area contributed by atoms with E-state index < -0.39 is 6.85 Å². The van der Waals surface area contributed by atoms with Crippen LogP contribution >= 0.6 is 0 Å². The molecule has 2 heterocycles. The highest BCUT2D eigenvalue weighted by Gasteiger charge is 2.48. The van der Waals surface area contributed by atoms with Gasteiger partial charge in [0.15, 0.2) is 0 Å². The van der Waals surface area contributed by atoms with Gasteiger partial charge in [0.25, 0.3) is 6.71 Å². The van der Waals surface area contributed by atoms with E-state index in [0.717, 1.165) is 74.7 Å². The molecule has 8 aromatic rings. The molecular weight excluding hydrogens is 856 g/mol. The zero-order valence-corrected chi connectivity index (χ0v) is 44.1. The molecule has 356 valence electrons. The van der Waals surface area contributed by atoms with Crippen LogP contribution in [0, 0.1) is 6.85 Å². The third kappa shape index (κ3) is 7.78. The second-order valence-electron chi connectivity index (χ2n) is 24.7. The Bertz CT molecular complexity index is 3410. The summed E-state index contributed by atoms with van der Waals surface area (Å²) in [6.45, 7) is 25.4. The van der Waals surface area contributed by atoms with Gasteiger partial charge in [0, 0.05) is 49.1 Å². The molecule has 0 fully saturated rings. The molecule has 0 unspecified atom stereocenters. The minimum absolute atomic E-state index is 0.0527. The van der Waals surface area contributed by atoms with E-state index in [1.165, 1.54) is 44.3 Å². The Kier molecular flexibility index (Phi) is 10.0. The first-order valence-corrected chi connectivity index (χ1v) is 25.9. The molecule has 0 spiro atoms. The average Bonchev–Trinajstić information content (AvgIpc) is 3.36. The molecule has 0 saturated carbocycles. The molecule has 0 saturated heterocycles. The fourth-order valence-corrected chi connectivity index (χ4v) is 12.1. The first-order chi connectivity index (χ1) is 34.8. The highest BCUT2D eigenvalue weighted by Crippen LogP contribution is 2.54. The summed E-state index contributed by atoms with van der Waals surface area (Å²) in [5.74, 6) is 0. The van der Waals surface area contributed by atoms with Crippen molar-refractivity contribution in [2.75, 3.05) is 9.80 Å². The van der Waals surface area contributed by atoms with Crippen molar-refractivity contribution in [3.05, 3.63) is 209 Å². The normalized spacial score (nSPS) is 16.5. The van der Waals surface area contributed by atoms with Gasteiger partial charge in [0.05, 0.1) is 5.69 Å². The Morgan fingerprint density at radius 3 is 1.48 bits per heavy atom. The largest absolute Gasteiger partial charge is 0.311 e. The molecular formula is C68H71BN2. The fourth-order valence-electron chi connectivity index (χ4n) is 12.1. The van der Waals surface area contributed by atoms with E-state index in [4.69, 9.17) is 0 Å². The predicted molar refractivity (Wildman–Crippen MR) is 307 cm³/mol. The topological polar surface area (TPSA) is 6.48 Å². The molecule has 11 rings (SSSR count). The average molecular weight is 930 g/mol. The van der Waals surface area contributed by atoms with Crippen LogP contribution in [0.2, 0.25) is 0 Å². The van der Waals surface area contributed by atoms with E-state index in [1.807, 2.05) is 12.1 Å². The zero-order chi connectivity index (χ0) is 52.5.